The Labute approximate surface area is 101 Å². The third-order valence-corrected chi connectivity index (χ3v) is 2.28. The molecule has 1 rings (SSSR count). The van der Waals surface area contributed by atoms with Gasteiger partial charge in [-0.2, -0.15) is 5.26 Å². The second kappa shape index (κ2) is 5.55. The Kier molecular flexibility index (Phi) is 4.35. The van der Waals surface area contributed by atoms with Crippen molar-refractivity contribution in [3.63, 3.8) is 0 Å². The molecule has 0 radical (unpaired) electrons. The van der Waals surface area contributed by atoms with Gasteiger partial charge in [-0.15, -0.1) is 11.6 Å². The van der Waals surface area contributed by atoms with Gasteiger partial charge < -0.3 is 4.74 Å². The van der Waals surface area contributed by atoms with Gasteiger partial charge in [-0.1, -0.05) is 0 Å². The second-order valence-electron chi connectivity index (χ2n) is 2.96. The van der Waals surface area contributed by atoms with Gasteiger partial charge in [0.1, 0.15) is 17.5 Å². The minimum Gasteiger partial charge on any atom is -0.465 e. The van der Waals surface area contributed by atoms with Crippen molar-refractivity contribution in [1.82, 2.24) is 4.98 Å². The molecule has 1 aromatic heterocycles. The van der Waals surface area contributed by atoms with Gasteiger partial charge in [0.25, 0.3) is 6.43 Å². The number of pyridine rings is 1. The van der Waals surface area contributed by atoms with Crippen LogP contribution in [0.15, 0.2) is 6.07 Å². The van der Waals surface area contributed by atoms with Crippen molar-refractivity contribution in [2.24, 2.45) is 0 Å². The molecule has 0 N–H and O–H groups in total. The largest absolute Gasteiger partial charge is 0.465 e. The number of nitriles is 1. The number of hydrogen-bond donors (Lipinski definition) is 0. The molecule has 4 nitrogen and oxygen atoms in total. The quantitative estimate of drug-likeness (QED) is 0.618. The molecule has 0 saturated carbocycles. The maximum atomic E-state index is 12.7. The number of rotatable bonds is 3. The number of methoxy groups -OCH3 is 1. The summed E-state index contributed by atoms with van der Waals surface area (Å²) in [5, 5.41) is 8.64. The van der Waals surface area contributed by atoms with Gasteiger partial charge >= 0.3 is 5.97 Å². The highest BCUT2D eigenvalue weighted by molar-refractivity contribution is 6.17. The summed E-state index contributed by atoms with van der Waals surface area (Å²) in [6.45, 7) is 0. The lowest BCUT2D eigenvalue weighted by Crippen LogP contribution is -2.11. The molecule has 0 unspecified atom stereocenters. The molecular weight excluding hydrogens is 254 g/mol. The molecule has 0 bridgehead atoms. The van der Waals surface area contributed by atoms with Gasteiger partial charge in [0.15, 0.2) is 0 Å². The lowest BCUT2D eigenvalue weighted by Gasteiger charge is -2.10. The van der Waals surface area contributed by atoms with Gasteiger partial charge in [0, 0.05) is 5.56 Å². The Morgan fingerprint density at radius 2 is 2.35 bits per heavy atom. The molecule has 0 aromatic carbocycles. The van der Waals surface area contributed by atoms with Crippen LogP contribution in [0.4, 0.5) is 8.78 Å². The number of carbonyl (C=O) groups excluding carboxylic acids is 1. The smallest absolute Gasteiger partial charge is 0.338 e. The summed E-state index contributed by atoms with van der Waals surface area (Å²) in [5.41, 5.74) is -1.23. The maximum absolute atomic E-state index is 12.7. The van der Waals surface area contributed by atoms with Gasteiger partial charge in [-0.25, -0.2) is 18.6 Å². The van der Waals surface area contributed by atoms with Crippen molar-refractivity contribution in [1.29, 1.82) is 5.26 Å². The van der Waals surface area contributed by atoms with Crippen LogP contribution in [0.25, 0.3) is 0 Å². The molecule has 0 fully saturated rings. The molecule has 0 saturated heterocycles. The number of ether oxygens (including phenoxy) is 1. The third kappa shape index (κ3) is 2.68. The van der Waals surface area contributed by atoms with E-state index in [1.54, 1.807) is 6.07 Å². The highest BCUT2D eigenvalue weighted by Gasteiger charge is 2.23. The van der Waals surface area contributed by atoms with E-state index in [0.717, 1.165) is 13.2 Å². The van der Waals surface area contributed by atoms with Crippen LogP contribution in [0.1, 0.15) is 33.7 Å². The van der Waals surface area contributed by atoms with Crippen LogP contribution < -0.4 is 0 Å². The zero-order valence-electron chi connectivity index (χ0n) is 8.71. The lowest BCUT2D eigenvalue weighted by atomic mass is 10.1. The molecule has 0 spiro atoms. The van der Waals surface area contributed by atoms with E-state index in [4.69, 9.17) is 16.9 Å². The van der Waals surface area contributed by atoms with Crippen LogP contribution in [0.2, 0.25) is 0 Å². The third-order valence-electron chi connectivity index (χ3n) is 2.02. The van der Waals surface area contributed by atoms with E-state index < -0.39 is 18.1 Å². The standard InChI is InChI=1S/C10H7ClF2N2O2/c1-17-10(16)6-2-5(4-14)15-8(9(12)13)7(6)3-11/h2,9H,3H2,1H3. The topological polar surface area (TPSA) is 63.0 Å². The number of carbonyl (C=O) groups is 1. The molecule has 90 valence electrons. The Balaban J connectivity index is 3.51. The van der Waals surface area contributed by atoms with Crippen molar-refractivity contribution >= 4 is 17.6 Å². The summed E-state index contributed by atoms with van der Waals surface area (Å²) in [7, 11) is 1.11. The van der Waals surface area contributed by atoms with Crippen molar-refractivity contribution in [3.05, 3.63) is 28.6 Å². The SMILES string of the molecule is COC(=O)c1cc(C#N)nc(C(F)F)c1CCl. The molecule has 7 heteroatoms. The monoisotopic (exact) mass is 260 g/mol. The van der Waals surface area contributed by atoms with Gasteiger partial charge in [-0.3, -0.25) is 0 Å². The molecule has 0 aliphatic carbocycles. The number of nitrogens with zero attached hydrogens (tertiary/aromatic N) is 2. The van der Waals surface area contributed by atoms with Gasteiger partial charge in [0.05, 0.1) is 18.6 Å². The van der Waals surface area contributed by atoms with Crippen molar-refractivity contribution in [2.45, 2.75) is 12.3 Å². The predicted molar refractivity (Wildman–Crippen MR) is 54.8 cm³/mol. The summed E-state index contributed by atoms with van der Waals surface area (Å²) < 4.78 is 29.8. The highest BCUT2D eigenvalue weighted by Crippen LogP contribution is 2.26. The number of hydrogen-bond acceptors (Lipinski definition) is 4. The number of esters is 1. The molecule has 0 atom stereocenters. The summed E-state index contributed by atoms with van der Waals surface area (Å²) in [6, 6.07) is 2.68. The number of aromatic nitrogens is 1. The zero-order chi connectivity index (χ0) is 13.0. The van der Waals surface area contributed by atoms with Crippen molar-refractivity contribution in [2.75, 3.05) is 7.11 Å². The molecule has 1 aromatic rings. The highest BCUT2D eigenvalue weighted by atomic mass is 35.5. The van der Waals surface area contributed by atoms with E-state index in [0.29, 0.717) is 0 Å². The molecule has 0 amide bonds. The average molecular weight is 261 g/mol. The van der Waals surface area contributed by atoms with Crippen LogP contribution in [-0.4, -0.2) is 18.1 Å². The van der Waals surface area contributed by atoms with E-state index >= 15 is 0 Å². The number of halogens is 3. The summed E-state index contributed by atoms with van der Waals surface area (Å²) in [4.78, 5) is 14.8. The van der Waals surface area contributed by atoms with E-state index in [2.05, 4.69) is 9.72 Å². The zero-order valence-corrected chi connectivity index (χ0v) is 9.46. The Morgan fingerprint density at radius 1 is 1.71 bits per heavy atom. The first-order valence-corrected chi connectivity index (χ1v) is 4.95. The molecule has 0 aliphatic heterocycles. The predicted octanol–water partition coefficient (Wildman–Crippen LogP) is 2.42. The van der Waals surface area contributed by atoms with E-state index in [1.807, 2.05) is 0 Å². The first kappa shape index (κ1) is 13.3. The van der Waals surface area contributed by atoms with Crippen LogP contribution in [-0.2, 0) is 10.6 Å². The van der Waals surface area contributed by atoms with Crippen LogP contribution in [0.3, 0.4) is 0 Å². The molecular formula is C10H7ClF2N2O2. The second-order valence-corrected chi connectivity index (χ2v) is 3.22. The fraction of sp³-hybridized carbons (Fsp3) is 0.300. The van der Waals surface area contributed by atoms with E-state index in [1.165, 1.54) is 0 Å². The summed E-state index contributed by atoms with van der Waals surface area (Å²) >= 11 is 5.51. The molecule has 17 heavy (non-hydrogen) atoms. The lowest BCUT2D eigenvalue weighted by molar-refractivity contribution is 0.0598. The maximum Gasteiger partial charge on any atom is 0.338 e. The number of alkyl halides is 3. The Hall–Kier alpha value is -1.74. The first-order chi connectivity index (χ1) is 8.04. The van der Waals surface area contributed by atoms with E-state index in [-0.39, 0.29) is 22.7 Å². The minimum atomic E-state index is -2.92. The Bertz CT molecular complexity index is 486. The fourth-order valence-electron chi connectivity index (χ4n) is 1.26. The van der Waals surface area contributed by atoms with Crippen LogP contribution >= 0.6 is 11.6 Å². The van der Waals surface area contributed by atoms with Crippen molar-refractivity contribution in [3.8, 4) is 6.07 Å². The summed E-state index contributed by atoms with van der Waals surface area (Å²) in [5.74, 6) is -1.15. The van der Waals surface area contributed by atoms with Crippen LogP contribution in [0, 0.1) is 11.3 Å². The van der Waals surface area contributed by atoms with Gasteiger partial charge in [0.2, 0.25) is 0 Å². The Morgan fingerprint density at radius 3 is 2.76 bits per heavy atom. The van der Waals surface area contributed by atoms with Gasteiger partial charge in [-0.05, 0) is 6.07 Å². The van der Waals surface area contributed by atoms with Crippen molar-refractivity contribution < 1.29 is 18.3 Å². The summed E-state index contributed by atoms with van der Waals surface area (Å²) in [6.07, 6.45) is -2.92. The van der Waals surface area contributed by atoms with Crippen LogP contribution in [0.5, 0.6) is 0 Å². The fourth-order valence-corrected chi connectivity index (χ4v) is 1.54. The molecule has 0 aliphatic rings. The van der Waals surface area contributed by atoms with E-state index in [9.17, 15) is 13.6 Å². The molecule has 1 heterocycles. The average Bonchev–Trinajstić information content (AvgIpc) is 2.35. The normalized spacial score (nSPS) is 10.1. The first-order valence-electron chi connectivity index (χ1n) is 4.41. The minimum absolute atomic E-state index is 0.118.